The van der Waals surface area contributed by atoms with E-state index in [-0.39, 0.29) is 24.2 Å². The fraction of sp³-hybridized carbons (Fsp3) is 0.280. The van der Waals surface area contributed by atoms with E-state index in [1.165, 1.54) is 0 Å². The van der Waals surface area contributed by atoms with Crippen LogP contribution in [0.3, 0.4) is 0 Å². The van der Waals surface area contributed by atoms with Gasteiger partial charge < -0.3 is 21.3 Å². The molecule has 0 aliphatic carbocycles. The van der Waals surface area contributed by atoms with Crippen LogP contribution < -0.4 is 21.3 Å². The monoisotopic (exact) mass is 482 g/mol. The number of pyridine rings is 2. The molecule has 0 aliphatic rings. The summed E-state index contributed by atoms with van der Waals surface area (Å²) in [6.07, 6.45) is 3.74. The van der Waals surface area contributed by atoms with Gasteiger partial charge in [0.25, 0.3) is 5.91 Å². The summed E-state index contributed by atoms with van der Waals surface area (Å²) in [5, 5.41) is 5.99. The molecule has 0 fully saturated rings. The number of hydrogen-bond donors (Lipinski definition) is 3. The van der Waals surface area contributed by atoms with Crippen molar-refractivity contribution in [1.29, 1.82) is 0 Å². The number of hydrogen-bond acceptors (Lipinski definition) is 6. The quantitative estimate of drug-likeness (QED) is 0.430. The maximum absolute atomic E-state index is 12.5. The highest BCUT2D eigenvalue weighted by Gasteiger charge is 2.13. The average Bonchev–Trinajstić information content (AvgIpc) is 2.85. The van der Waals surface area contributed by atoms with Gasteiger partial charge in [0, 0.05) is 56.7 Å². The molecule has 0 bridgehead atoms. The van der Waals surface area contributed by atoms with Crippen molar-refractivity contribution in [3.63, 3.8) is 0 Å². The van der Waals surface area contributed by atoms with Crippen molar-refractivity contribution in [1.82, 2.24) is 15.3 Å². The molecule has 0 unspecified atom stereocenters. The van der Waals surface area contributed by atoms with Crippen LogP contribution in [-0.4, -0.2) is 41.9 Å². The molecule has 34 heavy (non-hydrogen) atoms. The number of nitrogens with zero attached hydrogens (tertiary/aromatic N) is 3. The Morgan fingerprint density at radius 2 is 1.85 bits per heavy atom. The summed E-state index contributed by atoms with van der Waals surface area (Å²) in [5.41, 5.74) is 10.4. The standard InChI is InChI=1S/C25H30N6O2.ClH/c1-4-24(32)31(3)22-9-7-19(13-17(22)2)21-8-6-20(16-28-21)25(33)30-15-18-5-10-23(29-14-18)27-12-11-26;/h5-10,13-14,16H,4,11-12,15,26H2,1-3H3,(H,27,29)(H,30,33);1H. The van der Waals surface area contributed by atoms with Gasteiger partial charge in [0.1, 0.15) is 5.82 Å². The van der Waals surface area contributed by atoms with Crippen LogP contribution in [0.5, 0.6) is 0 Å². The third-order valence-electron chi connectivity index (χ3n) is 5.28. The summed E-state index contributed by atoms with van der Waals surface area (Å²) in [6.45, 7) is 5.38. The molecule has 2 amide bonds. The first kappa shape index (κ1) is 26.8. The largest absolute Gasteiger partial charge is 0.369 e. The number of aryl methyl sites for hydroxylation is 1. The molecule has 0 atom stereocenters. The fourth-order valence-corrected chi connectivity index (χ4v) is 3.38. The topological polar surface area (TPSA) is 113 Å². The van der Waals surface area contributed by atoms with Gasteiger partial charge in [0.15, 0.2) is 0 Å². The van der Waals surface area contributed by atoms with Crippen molar-refractivity contribution < 1.29 is 9.59 Å². The molecule has 3 rings (SSSR count). The van der Waals surface area contributed by atoms with Crippen molar-refractivity contribution in [2.24, 2.45) is 5.73 Å². The van der Waals surface area contributed by atoms with Crippen LogP contribution in [0.25, 0.3) is 11.3 Å². The van der Waals surface area contributed by atoms with E-state index in [9.17, 15) is 9.59 Å². The number of anilines is 2. The van der Waals surface area contributed by atoms with Crippen LogP contribution >= 0.6 is 12.4 Å². The van der Waals surface area contributed by atoms with E-state index in [0.717, 1.165) is 33.9 Å². The Labute approximate surface area is 206 Å². The van der Waals surface area contributed by atoms with Crippen LogP contribution in [0.15, 0.2) is 54.9 Å². The van der Waals surface area contributed by atoms with Gasteiger partial charge in [-0.3, -0.25) is 14.6 Å². The molecule has 0 saturated carbocycles. The molecule has 0 spiro atoms. The summed E-state index contributed by atoms with van der Waals surface area (Å²) in [4.78, 5) is 34.9. The van der Waals surface area contributed by atoms with Gasteiger partial charge in [-0.1, -0.05) is 19.1 Å². The van der Waals surface area contributed by atoms with E-state index in [2.05, 4.69) is 20.6 Å². The predicted octanol–water partition coefficient (Wildman–Crippen LogP) is 3.55. The highest BCUT2D eigenvalue weighted by atomic mass is 35.5. The van der Waals surface area contributed by atoms with Crippen LogP contribution in [0, 0.1) is 6.92 Å². The third-order valence-corrected chi connectivity index (χ3v) is 5.28. The summed E-state index contributed by atoms with van der Waals surface area (Å²) in [5.74, 6) is 0.613. The predicted molar refractivity (Wildman–Crippen MR) is 138 cm³/mol. The molecule has 9 heteroatoms. The van der Waals surface area contributed by atoms with E-state index in [1.807, 2.05) is 50.2 Å². The van der Waals surface area contributed by atoms with E-state index in [0.29, 0.717) is 31.6 Å². The molecule has 0 aliphatic heterocycles. The lowest BCUT2D eigenvalue weighted by Gasteiger charge is -2.19. The molecule has 2 heterocycles. The maximum Gasteiger partial charge on any atom is 0.253 e. The molecule has 1 aromatic carbocycles. The Morgan fingerprint density at radius 3 is 2.44 bits per heavy atom. The minimum Gasteiger partial charge on any atom is -0.369 e. The minimum absolute atomic E-state index is 0. The van der Waals surface area contributed by atoms with Crippen LogP contribution in [0.4, 0.5) is 11.5 Å². The van der Waals surface area contributed by atoms with Crippen molar-refractivity contribution in [3.05, 3.63) is 71.5 Å². The Morgan fingerprint density at radius 1 is 1.06 bits per heavy atom. The lowest BCUT2D eigenvalue weighted by molar-refractivity contribution is -0.118. The first-order valence-corrected chi connectivity index (χ1v) is 10.9. The van der Waals surface area contributed by atoms with Gasteiger partial charge in [-0.2, -0.15) is 0 Å². The van der Waals surface area contributed by atoms with Gasteiger partial charge >= 0.3 is 0 Å². The Balaban J connectivity index is 0.00000408. The maximum atomic E-state index is 12.5. The number of halogens is 1. The number of nitrogens with two attached hydrogens (primary N) is 1. The van der Waals surface area contributed by atoms with Crippen molar-refractivity contribution >= 4 is 35.7 Å². The number of carbonyl (C=O) groups is 2. The van der Waals surface area contributed by atoms with E-state index in [1.54, 1.807) is 30.4 Å². The third kappa shape index (κ3) is 6.76. The van der Waals surface area contributed by atoms with Gasteiger partial charge in [0.2, 0.25) is 5.91 Å². The van der Waals surface area contributed by atoms with E-state index < -0.39 is 0 Å². The van der Waals surface area contributed by atoms with Crippen LogP contribution in [0.2, 0.25) is 0 Å². The van der Waals surface area contributed by atoms with Crippen LogP contribution in [0.1, 0.15) is 34.8 Å². The average molecular weight is 483 g/mol. The second kappa shape index (κ2) is 12.7. The second-order valence-electron chi connectivity index (χ2n) is 7.69. The van der Waals surface area contributed by atoms with Gasteiger partial charge in [-0.05, 0) is 48.4 Å². The smallest absolute Gasteiger partial charge is 0.253 e. The number of aromatic nitrogens is 2. The first-order valence-electron chi connectivity index (χ1n) is 10.9. The summed E-state index contributed by atoms with van der Waals surface area (Å²) >= 11 is 0. The molecular formula is C25H31ClN6O2. The zero-order valence-corrected chi connectivity index (χ0v) is 20.5. The molecule has 180 valence electrons. The molecule has 0 radical (unpaired) electrons. The summed E-state index contributed by atoms with van der Waals surface area (Å²) < 4.78 is 0. The van der Waals surface area contributed by atoms with Gasteiger partial charge in [-0.15, -0.1) is 12.4 Å². The van der Waals surface area contributed by atoms with E-state index in [4.69, 9.17) is 5.73 Å². The van der Waals surface area contributed by atoms with Crippen LogP contribution in [-0.2, 0) is 11.3 Å². The first-order chi connectivity index (χ1) is 15.9. The normalized spacial score (nSPS) is 10.2. The van der Waals surface area contributed by atoms with Gasteiger partial charge in [-0.25, -0.2) is 4.98 Å². The van der Waals surface area contributed by atoms with Gasteiger partial charge in [0.05, 0.1) is 11.3 Å². The highest BCUT2D eigenvalue weighted by Crippen LogP contribution is 2.26. The zero-order chi connectivity index (χ0) is 23.8. The minimum atomic E-state index is -0.203. The van der Waals surface area contributed by atoms with Crippen molar-refractivity contribution in [2.75, 3.05) is 30.4 Å². The van der Waals surface area contributed by atoms with Crippen molar-refractivity contribution in [3.8, 4) is 11.3 Å². The lowest BCUT2D eigenvalue weighted by atomic mass is 10.0. The molecule has 2 aromatic heterocycles. The van der Waals surface area contributed by atoms with E-state index >= 15 is 0 Å². The fourth-order valence-electron chi connectivity index (χ4n) is 3.38. The zero-order valence-electron chi connectivity index (χ0n) is 19.7. The highest BCUT2D eigenvalue weighted by molar-refractivity contribution is 5.94. The number of benzene rings is 1. The second-order valence-corrected chi connectivity index (χ2v) is 7.69. The number of amides is 2. The lowest BCUT2D eigenvalue weighted by Crippen LogP contribution is -2.25. The van der Waals surface area contributed by atoms with Crippen molar-refractivity contribution in [2.45, 2.75) is 26.8 Å². The molecule has 3 aromatic rings. The molecule has 8 nitrogen and oxygen atoms in total. The Kier molecular flexibility index (Phi) is 9.97. The molecule has 0 saturated heterocycles. The number of carbonyl (C=O) groups excluding carboxylic acids is 2. The molecule has 4 N–H and O–H groups in total. The Bertz CT molecular complexity index is 1100. The SMILES string of the molecule is CCC(=O)N(C)c1ccc(-c2ccc(C(=O)NCc3ccc(NCCN)nc3)cn2)cc1C.Cl. The summed E-state index contributed by atoms with van der Waals surface area (Å²) in [6, 6.07) is 13.2. The number of nitrogens with one attached hydrogen (secondary N) is 2. The summed E-state index contributed by atoms with van der Waals surface area (Å²) in [7, 11) is 1.78. The number of rotatable bonds is 9. The molecular weight excluding hydrogens is 452 g/mol. The Hall–Kier alpha value is -3.49.